The molecule has 0 radical (unpaired) electrons. The number of nitriles is 1. The number of rotatable bonds is 3. The summed E-state index contributed by atoms with van der Waals surface area (Å²) in [6, 6.07) is 9.52. The third-order valence-corrected chi connectivity index (χ3v) is 5.03. The van der Waals surface area contributed by atoms with Crippen LogP contribution in [-0.4, -0.2) is 16.1 Å². The number of carboxylic acid groups (broad SMARTS) is 1. The Balaban J connectivity index is 2.25. The van der Waals surface area contributed by atoms with Gasteiger partial charge in [-0.1, -0.05) is 0 Å². The fourth-order valence-corrected chi connectivity index (χ4v) is 4.08. The smallest absolute Gasteiger partial charge is 0.346 e. The van der Waals surface area contributed by atoms with E-state index in [4.69, 9.17) is 5.26 Å². The molecule has 0 aliphatic heterocycles. The first-order valence-electron chi connectivity index (χ1n) is 5.77. The lowest BCUT2D eigenvalue weighted by Gasteiger charge is -1.97. The lowest BCUT2D eigenvalue weighted by molar-refractivity contribution is 0.0703. The van der Waals surface area contributed by atoms with Crippen molar-refractivity contribution in [3.8, 4) is 16.5 Å². The van der Waals surface area contributed by atoms with E-state index in [9.17, 15) is 9.90 Å². The zero-order valence-electron chi connectivity index (χ0n) is 10.2. The predicted molar refractivity (Wildman–Crippen MR) is 79.2 cm³/mol. The number of hydrogen-bond donors (Lipinski definition) is 1. The average Bonchev–Trinajstić information content (AvgIpc) is 3.02. The van der Waals surface area contributed by atoms with Crippen molar-refractivity contribution < 1.29 is 9.90 Å². The van der Waals surface area contributed by atoms with Crippen LogP contribution in [0.15, 0.2) is 30.5 Å². The molecular weight excluding hydrogens is 292 g/mol. The van der Waals surface area contributed by atoms with Crippen LogP contribution in [0.25, 0.3) is 20.7 Å². The Bertz CT molecular complexity index is 842. The predicted octanol–water partition coefficient (Wildman–Crippen LogP) is 3.79. The van der Waals surface area contributed by atoms with Crippen molar-refractivity contribution >= 4 is 38.9 Å². The van der Waals surface area contributed by atoms with E-state index < -0.39 is 5.97 Å². The standard InChI is InChI=1S/C14H8N2O2S2/c15-6-5-8-3-4-10(19-8)11-9-2-1-7-16-13(9)20-12(11)14(17)18/h1-4,7H,5H2,(H,17,18). The summed E-state index contributed by atoms with van der Waals surface area (Å²) in [5, 5.41) is 18.9. The Kier molecular flexibility index (Phi) is 3.22. The second kappa shape index (κ2) is 5.04. The maximum atomic E-state index is 11.4. The molecule has 3 aromatic rings. The fourth-order valence-electron chi connectivity index (χ4n) is 2.01. The first-order chi connectivity index (χ1) is 9.70. The molecule has 0 fully saturated rings. The number of carboxylic acids is 1. The van der Waals surface area contributed by atoms with Gasteiger partial charge in [-0.2, -0.15) is 5.26 Å². The number of nitrogens with zero attached hydrogens (tertiary/aromatic N) is 2. The molecule has 0 bridgehead atoms. The van der Waals surface area contributed by atoms with Gasteiger partial charge in [-0.3, -0.25) is 0 Å². The third kappa shape index (κ3) is 2.07. The summed E-state index contributed by atoms with van der Waals surface area (Å²) < 4.78 is 0. The summed E-state index contributed by atoms with van der Waals surface area (Å²) in [7, 11) is 0. The van der Waals surface area contributed by atoms with Crippen LogP contribution in [0.4, 0.5) is 0 Å². The van der Waals surface area contributed by atoms with E-state index >= 15 is 0 Å². The number of fused-ring (bicyclic) bond motifs is 1. The van der Waals surface area contributed by atoms with Crippen molar-refractivity contribution in [1.82, 2.24) is 4.98 Å². The first-order valence-corrected chi connectivity index (χ1v) is 7.41. The summed E-state index contributed by atoms with van der Waals surface area (Å²) in [5.41, 5.74) is 0.708. The quantitative estimate of drug-likeness (QED) is 0.798. The summed E-state index contributed by atoms with van der Waals surface area (Å²) >= 11 is 2.64. The minimum absolute atomic E-state index is 0.295. The highest BCUT2D eigenvalue weighted by atomic mass is 32.1. The number of pyridine rings is 1. The molecule has 3 aromatic heterocycles. The van der Waals surface area contributed by atoms with Crippen molar-refractivity contribution in [1.29, 1.82) is 5.26 Å². The van der Waals surface area contributed by atoms with E-state index in [0.29, 0.717) is 16.9 Å². The minimum Gasteiger partial charge on any atom is -0.477 e. The topological polar surface area (TPSA) is 74.0 Å². The summed E-state index contributed by atoms with van der Waals surface area (Å²) in [4.78, 5) is 18.5. The molecule has 0 aliphatic carbocycles. The summed E-state index contributed by atoms with van der Waals surface area (Å²) in [6.07, 6.45) is 2.00. The molecule has 20 heavy (non-hydrogen) atoms. The van der Waals surface area contributed by atoms with Crippen molar-refractivity contribution in [3.05, 3.63) is 40.2 Å². The van der Waals surface area contributed by atoms with Crippen LogP contribution in [0, 0.1) is 11.3 Å². The largest absolute Gasteiger partial charge is 0.477 e. The Labute approximate surface area is 122 Å². The normalized spacial score (nSPS) is 10.6. The summed E-state index contributed by atoms with van der Waals surface area (Å²) in [5.74, 6) is -0.946. The van der Waals surface area contributed by atoms with Gasteiger partial charge < -0.3 is 5.11 Å². The molecule has 0 atom stereocenters. The fraction of sp³-hybridized carbons (Fsp3) is 0.0714. The van der Waals surface area contributed by atoms with Gasteiger partial charge in [-0.05, 0) is 24.3 Å². The van der Waals surface area contributed by atoms with E-state index in [1.165, 1.54) is 22.7 Å². The molecule has 3 rings (SSSR count). The van der Waals surface area contributed by atoms with Crippen molar-refractivity contribution in [3.63, 3.8) is 0 Å². The highest BCUT2D eigenvalue weighted by Crippen LogP contribution is 2.40. The highest BCUT2D eigenvalue weighted by Gasteiger charge is 2.20. The van der Waals surface area contributed by atoms with Crippen molar-refractivity contribution in [2.75, 3.05) is 0 Å². The van der Waals surface area contributed by atoms with Crippen LogP contribution < -0.4 is 0 Å². The number of hydrogen-bond acceptors (Lipinski definition) is 5. The number of aromatic nitrogens is 1. The molecule has 4 nitrogen and oxygen atoms in total. The molecular formula is C14H8N2O2S2. The van der Waals surface area contributed by atoms with Gasteiger partial charge in [-0.25, -0.2) is 9.78 Å². The molecule has 0 spiro atoms. The average molecular weight is 300 g/mol. The van der Waals surface area contributed by atoms with Gasteiger partial charge in [0.15, 0.2) is 0 Å². The Morgan fingerprint density at radius 2 is 2.20 bits per heavy atom. The molecule has 98 valence electrons. The van der Waals surface area contributed by atoms with Crippen LogP contribution >= 0.6 is 22.7 Å². The van der Waals surface area contributed by atoms with Crippen LogP contribution in [0.3, 0.4) is 0 Å². The number of aromatic carboxylic acids is 1. The van der Waals surface area contributed by atoms with E-state index in [2.05, 4.69) is 11.1 Å². The van der Waals surface area contributed by atoms with Gasteiger partial charge in [0.1, 0.15) is 9.71 Å². The lowest BCUT2D eigenvalue weighted by atomic mass is 10.1. The maximum Gasteiger partial charge on any atom is 0.346 e. The first kappa shape index (κ1) is 12.8. The molecule has 1 N–H and O–H groups in total. The van der Waals surface area contributed by atoms with Crippen LogP contribution in [0.2, 0.25) is 0 Å². The molecule has 0 amide bonds. The molecule has 0 unspecified atom stereocenters. The number of carbonyl (C=O) groups is 1. The van der Waals surface area contributed by atoms with Gasteiger partial charge in [-0.15, -0.1) is 22.7 Å². The molecule has 6 heteroatoms. The van der Waals surface area contributed by atoms with E-state index in [1.807, 2.05) is 18.2 Å². The molecule has 0 aromatic carbocycles. The Morgan fingerprint density at radius 1 is 1.35 bits per heavy atom. The van der Waals surface area contributed by atoms with E-state index in [0.717, 1.165) is 20.0 Å². The Morgan fingerprint density at radius 3 is 2.95 bits per heavy atom. The van der Waals surface area contributed by atoms with Gasteiger partial charge in [0, 0.05) is 26.9 Å². The van der Waals surface area contributed by atoms with Gasteiger partial charge in [0.25, 0.3) is 0 Å². The monoisotopic (exact) mass is 300 g/mol. The summed E-state index contributed by atoms with van der Waals surface area (Å²) in [6.45, 7) is 0. The zero-order valence-corrected chi connectivity index (χ0v) is 11.8. The highest BCUT2D eigenvalue weighted by molar-refractivity contribution is 7.22. The Hall–Kier alpha value is -2.23. The molecule has 0 saturated heterocycles. The van der Waals surface area contributed by atoms with Crippen molar-refractivity contribution in [2.24, 2.45) is 0 Å². The van der Waals surface area contributed by atoms with Gasteiger partial charge in [0.2, 0.25) is 0 Å². The van der Waals surface area contributed by atoms with Crippen LogP contribution in [0.1, 0.15) is 14.5 Å². The van der Waals surface area contributed by atoms with Gasteiger partial charge in [0.05, 0.1) is 12.5 Å². The van der Waals surface area contributed by atoms with Crippen LogP contribution in [-0.2, 0) is 6.42 Å². The third-order valence-electron chi connectivity index (χ3n) is 2.82. The van der Waals surface area contributed by atoms with Crippen LogP contribution in [0.5, 0.6) is 0 Å². The van der Waals surface area contributed by atoms with E-state index in [-0.39, 0.29) is 0 Å². The molecule has 0 saturated carbocycles. The number of thiophene rings is 2. The SMILES string of the molecule is N#CCc1ccc(-c2c(C(=O)O)sc3ncccc23)s1. The molecule has 3 heterocycles. The minimum atomic E-state index is -0.946. The van der Waals surface area contributed by atoms with E-state index in [1.54, 1.807) is 12.3 Å². The lowest BCUT2D eigenvalue weighted by Crippen LogP contribution is -1.93. The zero-order chi connectivity index (χ0) is 14.1. The van der Waals surface area contributed by atoms with Crippen molar-refractivity contribution in [2.45, 2.75) is 6.42 Å². The second-order valence-corrected chi connectivity index (χ2v) is 6.24. The second-order valence-electron chi connectivity index (χ2n) is 4.07. The van der Waals surface area contributed by atoms with Gasteiger partial charge >= 0.3 is 5.97 Å². The maximum absolute atomic E-state index is 11.4. The molecule has 0 aliphatic rings.